The van der Waals surface area contributed by atoms with E-state index in [1.54, 1.807) is 11.3 Å². The molecule has 16 heavy (non-hydrogen) atoms. The highest BCUT2D eigenvalue weighted by Gasteiger charge is 2.11. The summed E-state index contributed by atoms with van der Waals surface area (Å²) in [6.07, 6.45) is 4.84. The fourth-order valence-corrected chi connectivity index (χ4v) is 2.32. The van der Waals surface area contributed by atoms with Crippen LogP contribution in [0.1, 0.15) is 49.0 Å². The van der Waals surface area contributed by atoms with Gasteiger partial charge in [0.15, 0.2) is 0 Å². The molecule has 0 amide bonds. The van der Waals surface area contributed by atoms with Crippen LogP contribution in [0.25, 0.3) is 0 Å². The fourth-order valence-electron chi connectivity index (χ4n) is 1.64. The number of nitrogens with one attached hydrogen (secondary N) is 1. The van der Waals surface area contributed by atoms with Gasteiger partial charge < -0.3 is 4.98 Å². The van der Waals surface area contributed by atoms with Crippen molar-refractivity contribution >= 4 is 11.3 Å². The first kappa shape index (κ1) is 11.3. The lowest BCUT2D eigenvalue weighted by molar-refractivity contribution is 0.730. The molecule has 0 saturated carbocycles. The minimum absolute atomic E-state index is 0.485. The maximum absolute atomic E-state index is 4.42. The SMILES string of the molecule is CC(C)c1cnc(CC(C)c2cncs2)[nH]1. The summed E-state index contributed by atoms with van der Waals surface area (Å²) >= 11 is 1.71. The van der Waals surface area contributed by atoms with Gasteiger partial charge in [-0.15, -0.1) is 11.3 Å². The zero-order valence-electron chi connectivity index (χ0n) is 9.90. The van der Waals surface area contributed by atoms with Crippen LogP contribution in [-0.4, -0.2) is 15.0 Å². The molecule has 0 spiro atoms. The molecule has 86 valence electrons. The molecule has 1 N–H and O–H groups in total. The number of hydrogen-bond donors (Lipinski definition) is 1. The van der Waals surface area contributed by atoms with Crippen LogP contribution in [0.3, 0.4) is 0 Å². The van der Waals surface area contributed by atoms with Crippen molar-refractivity contribution < 1.29 is 0 Å². The van der Waals surface area contributed by atoms with E-state index in [1.165, 1.54) is 10.6 Å². The van der Waals surface area contributed by atoms with E-state index in [0.717, 1.165) is 12.2 Å². The third-order valence-electron chi connectivity index (χ3n) is 2.71. The van der Waals surface area contributed by atoms with Crippen LogP contribution in [0.2, 0.25) is 0 Å². The van der Waals surface area contributed by atoms with Crippen molar-refractivity contribution in [1.29, 1.82) is 0 Å². The van der Waals surface area contributed by atoms with Crippen LogP contribution in [0.4, 0.5) is 0 Å². The first-order valence-corrected chi connectivity index (χ1v) is 6.47. The molecule has 0 aliphatic rings. The van der Waals surface area contributed by atoms with Crippen LogP contribution >= 0.6 is 11.3 Å². The van der Waals surface area contributed by atoms with E-state index >= 15 is 0 Å². The van der Waals surface area contributed by atoms with E-state index in [0.29, 0.717) is 11.8 Å². The Balaban J connectivity index is 2.03. The molecule has 0 aliphatic heterocycles. The number of H-pyrrole nitrogens is 1. The van der Waals surface area contributed by atoms with Crippen LogP contribution in [0.5, 0.6) is 0 Å². The summed E-state index contributed by atoms with van der Waals surface area (Å²) < 4.78 is 0. The lowest BCUT2D eigenvalue weighted by Crippen LogP contribution is -1.98. The maximum Gasteiger partial charge on any atom is 0.106 e. The molecule has 0 radical (unpaired) electrons. The number of thiazole rings is 1. The molecule has 0 saturated heterocycles. The predicted molar refractivity (Wildman–Crippen MR) is 66.9 cm³/mol. The second-order valence-electron chi connectivity index (χ2n) is 4.45. The van der Waals surface area contributed by atoms with Gasteiger partial charge in [0, 0.05) is 29.4 Å². The normalized spacial score (nSPS) is 13.2. The molecule has 0 aliphatic carbocycles. The number of aromatic amines is 1. The Bertz CT molecular complexity index is 431. The summed E-state index contributed by atoms with van der Waals surface area (Å²) in [6.45, 7) is 6.55. The molecular weight excluding hydrogens is 218 g/mol. The summed E-state index contributed by atoms with van der Waals surface area (Å²) in [6, 6.07) is 0. The van der Waals surface area contributed by atoms with Gasteiger partial charge in [-0.05, 0) is 11.8 Å². The van der Waals surface area contributed by atoms with Crippen molar-refractivity contribution in [3.05, 3.63) is 34.3 Å². The standard InChI is InChI=1S/C12H17N3S/c1-8(2)10-5-14-12(15-10)4-9(3)11-6-13-7-16-11/h5-9H,4H2,1-3H3,(H,14,15). The lowest BCUT2D eigenvalue weighted by atomic mass is 10.1. The average molecular weight is 235 g/mol. The number of rotatable bonds is 4. The van der Waals surface area contributed by atoms with Crippen molar-refractivity contribution in [1.82, 2.24) is 15.0 Å². The van der Waals surface area contributed by atoms with E-state index < -0.39 is 0 Å². The van der Waals surface area contributed by atoms with Gasteiger partial charge in [-0.25, -0.2) is 4.98 Å². The lowest BCUT2D eigenvalue weighted by Gasteiger charge is -2.06. The van der Waals surface area contributed by atoms with Crippen molar-refractivity contribution in [3.8, 4) is 0 Å². The van der Waals surface area contributed by atoms with Gasteiger partial charge in [0.05, 0.1) is 5.51 Å². The third kappa shape index (κ3) is 2.50. The minimum Gasteiger partial charge on any atom is -0.346 e. The van der Waals surface area contributed by atoms with Crippen LogP contribution in [-0.2, 0) is 6.42 Å². The Kier molecular flexibility index (Phi) is 3.39. The van der Waals surface area contributed by atoms with Gasteiger partial charge >= 0.3 is 0 Å². The Morgan fingerprint density at radius 1 is 1.31 bits per heavy atom. The van der Waals surface area contributed by atoms with E-state index in [4.69, 9.17) is 0 Å². The first-order chi connectivity index (χ1) is 7.66. The third-order valence-corrected chi connectivity index (χ3v) is 3.71. The molecular formula is C12H17N3S. The number of aromatic nitrogens is 3. The summed E-state index contributed by atoms with van der Waals surface area (Å²) in [4.78, 5) is 13.2. The minimum atomic E-state index is 0.485. The maximum atomic E-state index is 4.42. The molecule has 2 aromatic heterocycles. The molecule has 2 heterocycles. The van der Waals surface area contributed by atoms with E-state index in [-0.39, 0.29) is 0 Å². The zero-order chi connectivity index (χ0) is 11.5. The molecule has 3 nitrogen and oxygen atoms in total. The summed E-state index contributed by atoms with van der Waals surface area (Å²) in [5.74, 6) is 2.07. The highest BCUT2D eigenvalue weighted by molar-refractivity contribution is 7.09. The van der Waals surface area contributed by atoms with Crippen LogP contribution in [0.15, 0.2) is 17.9 Å². The van der Waals surface area contributed by atoms with Crippen LogP contribution in [0, 0.1) is 0 Å². The Hall–Kier alpha value is -1.16. The van der Waals surface area contributed by atoms with Gasteiger partial charge in [-0.2, -0.15) is 0 Å². The Morgan fingerprint density at radius 3 is 2.69 bits per heavy atom. The molecule has 0 aromatic carbocycles. The number of imidazole rings is 1. The largest absolute Gasteiger partial charge is 0.346 e. The zero-order valence-corrected chi connectivity index (χ0v) is 10.7. The second kappa shape index (κ2) is 4.78. The molecule has 4 heteroatoms. The Morgan fingerprint density at radius 2 is 2.12 bits per heavy atom. The van der Waals surface area contributed by atoms with Crippen molar-refractivity contribution in [2.24, 2.45) is 0 Å². The first-order valence-electron chi connectivity index (χ1n) is 5.59. The topological polar surface area (TPSA) is 41.6 Å². The quantitative estimate of drug-likeness (QED) is 0.883. The summed E-state index contributed by atoms with van der Waals surface area (Å²) in [7, 11) is 0. The van der Waals surface area contributed by atoms with Crippen LogP contribution < -0.4 is 0 Å². The molecule has 0 bridgehead atoms. The van der Waals surface area contributed by atoms with Gasteiger partial charge in [0.25, 0.3) is 0 Å². The number of nitrogens with zero attached hydrogens (tertiary/aromatic N) is 2. The molecule has 1 atom stereocenters. The van der Waals surface area contributed by atoms with Crippen molar-refractivity contribution in [3.63, 3.8) is 0 Å². The van der Waals surface area contributed by atoms with Crippen molar-refractivity contribution in [2.75, 3.05) is 0 Å². The fraction of sp³-hybridized carbons (Fsp3) is 0.500. The number of hydrogen-bond acceptors (Lipinski definition) is 3. The molecule has 2 aromatic rings. The predicted octanol–water partition coefficient (Wildman–Crippen LogP) is 3.34. The summed E-state index contributed by atoms with van der Waals surface area (Å²) in [5.41, 5.74) is 3.10. The van der Waals surface area contributed by atoms with Gasteiger partial charge in [0.1, 0.15) is 5.82 Å². The second-order valence-corrected chi connectivity index (χ2v) is 5.37. The average Bonchev–Trinajstić information content (AvgIpc) is 2.87. The van der Waals surface area contributed by atoms with Gasteiger partial charge in [-0.1, -0.05) is 20.8 Å². The van der Waals surface area contributed by atoms with E-state index in [1.807, 2.05) is 17.9 Å². The Labute approximate surface area is 100.0 Å². The highest BCUT2D eigenvalue weighted by atomic mass is 32.1. The van der Waals surface area contributed by atoms with E-state index in [2.05, 4.69) is 35.7 Å². The smallest absolute Gasteiger partial charge is 0.106 e. The van der Waals surface area contributed by atoms with Crippen molar-refractivity contribution in [2.45, 2.75) is 39.0 Å². The molecule has 1 unspecified atom stereocenters. The molecule has 2 rings (SSSR count). The monoisotopic (exact) mass is 235 g/mol. The van der Waals surface area contributed by atoms with E-state index in [9.17, 15) is 0 Å². The van der Waals surface area contributed by atoms with Gasteiger partial charge in [0.2, 0.25) is 0 Å². The van der Waals surface area contributed by atoms with Gasteiger partial charge in [-0.3, -0.25) is 4.98 Å². The highest BCUT2D eigenvalue weighted by Crippen LogP contribution is 2.22. The molecule has 0 fully saturated rings. The summed E-state index contributed by atoms with van der Waals surface area (Å²) in [5, 5.41) is 0.